The largest absolute Gasteiger partial charge is 0.493 e. The maximum absolute atomic E-state index is 12.0. The van der Waals surface area contributed by atoms with Crippen LogP contribution in [-0.2, 0) is 16.1 Å². The summed E-state index contributed by atoms with van der Waals surface area (Å²) in [6.45, 7) is -0.429. The minimum Gasteiger partial charge on any atom is -0.493 e. The van der Waals surface area contributed by atoms with Crippen LogP contribution in [0.1, 0.15) is 15.9 Å². The van der Waals surface area contributed by atoms with Crippen LogP contribution < -0.4 is 20.5 Å². The van der Waals surface area contributed by atoms with Gasteiger partial charge in [0.25, 0.3) is 5.91 Å². The van der Waals surface area contributed by atoms with Crippen molar-refractivity contribution in [1.29, 1.82) is 0 Å². The lowest BCUT2D eigenvalue weighted by molar-refractivity contribution is -0.123. The molecule has 0 bridgehead atoms. The van der Waals surface area contributed by atoms with Gasteiger partial charge in [0.1, 0.15) is 6.61 Å². The third-order valence-electron chi connectivity index (χ3n) is 3.34. The molecule has 0 atom stereocenters. The Morgan fingerprint density at radius 1 is 1.11 bits per heavy atom. The standard InChI is InChI=1S/C18H17ClN2O6/c1-25-15-8-11(17(23)27-10-16(22)21-18(20)24)6-7-14(15)26-9-12-4-2-3-5-13(12)19/h2-8H,9-10H2,1H3,(H3,20,21,22,24). The van der Waals surface area contributed by atoms with Gasteiger partial charge in [0, 0.05) is 10.6 Å². The number of ether oxygens (including phenoxy) is 3. The van der Waals surface area contributed by atoms with Gasteiger partial charge in [-0.2, -0.15) is 0 Å². The molecule has 0 aromatic heterocycles. The van der Waals surface area contributed by atoms with Gasteiger partial charge in [0.2, 0.25) is 0 Å². The van der Waals surface area contributed by atoms with Gasteiger partial charge in [-0.05, 0) is 24.3 Å². The maximum atomic E-state index is 12.0. The highest BCUT2D eigenvalue weighted by Crippen LogP contribution is 2.29. The molecular formula is C18H17ClN2O6. The molecular weight excluding hydrogens is 376 g/mol. The average molecular weight is 393 g/mol. The molecule has 0 aliphatic rings. The quantitative estimate of drug-likeness (QED) is 0.698. The van der Waals surface area contributed by atoms with E-state index >= 15 is 0 Å². The Bertz CT molecular complexity index is 855. The van der Waals surface area contributed by atoms with E-state index in [1.54, 1.807) is 11.4 Å². The summed E-state index contributed by atoms with van der Waals surface area (Å²) in [6.07, 6.45) is 0. The van der Waals surface area contributed by atoms with Gasteiger partial charge in [-0.1, -0.05) is 29.8 Å². The van der Waals surface area contributed by atoms with Crippen molar-refractivity contribution in [2.75, 3.05) is 13.7 Å². The zero-order chi connectivity index (χ0) is 19.8. The number of benzene rings is 2. The normalized spacial score (nSPS) is 10.0. The number of halogens is 1. The van der Waals surface area contributed by atoms with E-state index in [9.17, 15) is 14.4 Å². The summed E-state index contributed by atoms with van der Waals surface area (Å²) >= 11 is 6.09. The van der Waals surface area contributed by atoms with Gasteiger partial charge in [0.15, 0.2) is 18.1 Å². The molecule has 3 amide bonds. The molecule has 0 saturated heterocycles. The molecule has 8 nitrogen and oxygen atoms in total. The number of imide groups is 1. The zero-order valence-electron chi connectivity index (χ0n) is 14.4. The first kappa shape index (κ1) is 20.1. The van der Waals surface area contributed by atoms with Crippen molar-refractivity contribution < 1.29 is 28.6 Å². The number of methoxy groups -OCH3 is 1. The van der Waals surface area contributed by atoms with Crippen molar-refractivity contribution in [1.82, 2.24) is 5.32 Å². The second-order valence-electron chi connectivity index (χ2n) is 5.23. The number of nitrogens with two attached hydrogens (primary N) is 1. The van der Waals surface area contributed by atoms with Crippen molar-refractivity contribution >= 4 is 29.5 Å². The first-order valence-electron chi connectivity index (χ1n) is 7.71. The second kappa shape index (κ2) is 9.44. The van der Waals surface area contributed by atoms with Gasteiger partial charge in [0.05, 0.1) is 12.7 Å². The van der Waals surface area contributed by atoms with Crippen LogP contribution >= 0.6 is 11.6 Å². The Morgan fingerprint density at radius 3 is 2.52 bits per heavy atom. The molecule has 2 rings (SSSR count). The molecule has 2 aromatic rings. The number of hydrogen-bond donors (Lipinski definition) is 2. The highest BCUT2D eigenvalue weighted by Gasteiger charge is 2.15. The Labute approximate surface area is 160 Å². The van der Waals surface area contributed by atoms with E-state index in [4.69, 9.17) is 31.5 Å². The lowest BCUT2D eigenvalue weighted by Gasteiger charge is -2.12. The van der Waals surface area contributed by atoms with Gasteiger partial charge in [-0.25, -0.2) is 9.59 Å². The van der Waals surface area contributed by atoms with E-state index in [-0.39, 0.29) is 12.2 Å². The predicted molar refractivity (Wildman–Crippen MR) is 96.8 cm³/mol. The molecule has 27 heavy (non-hydrogen) atoms. The van der Waals surface area contributed by atoms with Crippen molar-refractivity contribution in [3.63, 3.8) is 0 Å². The first-order chi connectivity index (χ1) is 12.9. The molecule has 0 fully saturated rings. The topological polar surface area (TPSA) is 117 Å². The van der Waals surface area contributed by atoms with E-state index in [0.717, 1.165) is 5.56 Å². The number of urea groups is 1. The number of nitrogens with one attached hydrogen (secondary N) is 1. The van der Waals surface area contributed by atoms with E-state index in [1.807, 2.05) is 18.2 Å². The minimum atomic E-state index is -1.03. The fourth-order valence-corrected chi connectivity index (χ4v) is 2.26. The van der Waals surface area contributed by atoms with Crippen LogP contribution in [0.4, 0.5) is 4.79 Å². The fraction of sp³-hybridized carbons (Fsp3) is 0.167. The zero-order valence-corrected chi connectivity index (χ0v) is 15.1. The number of carbonyl (C=O) groups is 3. The lowest BCUT2D eigenvalue weighted by atomic mass is 10.2. The Morgan fingerprint density at radius 2 is 1.85 bits per heavy atom. The molecule has 0 saturated carbocycles. The van der Waals surface area contributed by atoms with Crippen LogP contribution in [0, 0.1) is 0 Å². The van der Waals surface area contributed by atoms with Crippen LogP contribution in [0.5, 0.6) is 11.5 Å². The number of esters is 1. The molecule has 0 radical (unpaired) electrons. The van der Waals surface area contributed by atoms with E-state index in [2.05, 4.69) is 0 Å². The SMILES string of the molecule is COc1cc(C(=O)OCC(=O)NC(N)=O)ccc1OCc1ccccc1Cl. The molecule has 0 heterocycles. The lowest BCUT2D eigenvalue weighted by Crippen LogP contribution is -2.37. The van der Waals surface area contributed by atoms with Gasteiger partial charge in [-0.3, -0.25) is 10.1 Å². The summed E-state index contributed by atoms with van der Waals surface area (Å²) in [7, 11) is 1.42. The Balaban J connectivity index is 2.02. The summed E-state index contributed by atoms with van der Waals surface area (Å²) < 4.78 is 15.7. The summed E-state index contributed by atoms with van der Waals surface area (Å²) in [5.41, 5.74) is 5.73. The number of amides is 3. The smallest absolute Gasteiger partial charge is 0.338 e. The van der Waals surface area contributed by atoms with Crippen molar-refractivity contribution in [2.45, 2.75) is 6.61 Å². The maximum Gasteiger partial charge on any atom is 0.338 e. The van der Waals surface area contributed by atoms with Crippen molar-refractivity contribution in [3.8, 4) is 11.5 Å². The van der Waals surface area contributed by atoms with Crippen molar-refractivity contribution in [3.05, 3.63) is 58.6 Å². The monoisotopic (exact) mass is 392 g/mol. The molecule has 2 aromatic carbocycles. The first-order valence-corrected chi connectivity index (χ1v) is 8.09. The minimum absolute atomic E-state index is 0.142. The Hall–Kier alpha value is -3.26. The number of primary amides is 1. The van der Waals surface area contributed by atoms with Crippen LogP contribution in [0.3, 0.4) is 0 Å². The summed E-state index contributed by atoms with van der Waals surface area (Å²) in [5.74, 6) is -0.897. The third kappa shape index (κ3) is 5.89. The van der Waals surface area contributed by atoms with E-state index < -0.39 is 24.5 Å². The number of rotatable bonds is 7. The number of hydrogen-bond acceptors (Lipinski definition) is 6. The second-order valence-corrected chi connectivity index (χ2v) is 5.64. The van der Waals surface area contributed by atoms with Gasteiger partial charge < -0.3 is 19.9 Å². The van der Waals surface area contributed by atoms with E-state index in [0.29, 0.717) is 16.5 Å². The molecule has 0 aliphatic heterocycles. The van der Waals surface area contributed by atoms with Crippen molar-refractivity contribution in [2.24, 2.45) is 5.73 Å². The Kier molecular flexibility index (Phi) is 7.01. The highest BCUT2D eigenvalue weighted by atomic mass is 35.5. The summed E-state index contributed by atoms with van der Waals surface area (Å²) in [4.78, 5) is 33.8. The van der Waals surface area contributed by atoms with E-state index in [1.165, 1.54) is 25.3 Å². The van der Waals surface area contributed by atoms with Crippen LogP contribution in [0.25, 0.3) is 0 Å². The number of carbonyl (C=O) groups excluding carboxylic acids is 3. The summed E-state index contributed by atoms with van der Waals surface area (Å²) in [6, 6.07) is 10.6. The van der Waals surface area contributed by atoms with Gasteiger partial charge in [-0.15, -0.1) is 0 Å². The predicted octanol–water partition coefficient (Wildman–Crippen LogP) is 2.28. The van der Waals surface area contributed by atoms with Crippen LogP contribution in [0.15, 0.2) is 42.5 Å². The molecule has 0 aliphatic carbocycles. The fourth-order valence-electron chi connectivity index (χ4n) is 2.07. The molecule has 3 N–H and O–H groups in total. The molecule has 0 spiro atoms. The van der Waals surface area contributed by atoms with Gasteiger partial charge >= 0.3 is 12.0 Å². The molecule has 0 unspecified atom stereocenters. The van der Waals surface area contributed by atoms with Crippen LogP contribution in [0.2, 0.25) is 5.02 Å². The third-order valence-corrected chi connectivity index (χ3v) is 3.71. The highest BCUT2D eigenvalue weighted by molar-refractivity contribution is 6.31. The molecule has 9 heteroatoms. The average Bonchev–Trinajstić information content (AvgIpc) is 2.64. The molecule has 142 valence electrons. The summed E-state index contributed by atoms with van der Waals surface area (Å²) in [5, 5.41) is 2.36. The van der Waals surface area contributed by atoms with Crippen LogP contribution in [-0.4, -0.2) is 31.6 Å².